The summed E-state index contributed by atoms with van der Waals surface area (Å²) < 4.78 is 27.2. The second-order valence-electron chi connectivity index (χ2n) is 9.10. The molecule has 11 heteroatoms. The Balaban J connectivity index is 1.61. The number of benzene rings is 2. The molecule has 1 fully saturated rings. The smallest absolute Gasteiger partial charge is 0.267 e. The molecule has 0 aliphatic carbocycles. The molecule has 0 atom stereocenters. The van der Waals surface area contributed by atoms with Gasteiger partial charge in [0.1, 0.15) is 5.76 Å². The molecule has 2 aromatic carbocycles. The molecule has 1 saturated heterocycles. The van der Waals surface area contributed by atoms with Crippen molar-refractivity contribution in [2.45, 2.75) is 20.4 Å². The normalized spacial score (nSPS) is 15.6. The number of phenols is 1. The maximum Gasteiger partial charge on any atom is 0.267 e. The molecule has 210 valence electrons. The number of carbonyl (C=O) groups is 1. The lowest BCUT2D eigenvalue weighted by Gasteiger charge is -2.13. The van der Waals surface area contributed by atoms with Crippen LogP contribution in [0, 0.1) is 5.92 Å². The maximum atomic E-state index is 13.4. The van der Waals surface area contributed by atoms with Crippen LogP contribution in [0.2, 0.25) is 0 Å². The van der Waals surface area contributed by atoms with E-state index in [1.165, 1.54) is 30.9 Å². The van der Waals surface area contributed by atoms with Crippen LogP contribution in [0.3, 0.4) is 0 Å². The average molecular weight is 566 g/mol. The largest absolute Gasteiger partial charge is 0.502 e. The van der Waals surface area contributed by atoms with Crippen LogP contribution in [0.1, 0.15) is 30.7 Å². The van der Waals surface area contributed by atoms with E-state index in [4.69, 9.17) is 23.4 Å². The molecule has 4 rings (SSSR count). The highest BCUT2D eigenvalue weighted by Gasteiger charge is 2.34. The van der Waals surface area contributed by atoms with E-state index in [0.717, 1.165) is 5.56 Å². The molecule has 1 aliphatic rings. The standard InChI is InChI=1S/C29H31N3O7S/c1-18(2)17-39-22-9-8-19(11-23(22)35-3)15-30-31-29-32(16-21-7-6-10-38-21)28(34)26(40-29)14-20-12-24(36-4)27(33)25(13-20)37-5/h6-15,18,33H,16-17H2,1-5H3/b26-14-,30-15+,31-29-. The van der Waals surface area contributed by atoms with Crippen molar-refractivity contribution in [3.05, 3.63) is 70.5 Å². The first kappa shape index (κ1) is 28.6. The van der Waals surface area contributed by atoms with Crippen LogP contribution in [-0.2, 0) is 11.3 Å². The molecule has 1 N–H and O–H groups in total. The van der Waals surface area contributed by atoms with Gasteiger partial charge in [0, 0.05) is 0 Å². The van der Waals surface area contributed by atoms with Crippen LogP contribution in [-0.4, -0.2) is 55.2 Å². The number of amides is 1. The van der Waals surface area contributed by atoms with Crippen LogP contribution in [0.5, 0.6) is 28.7 Å². The summed E-state index contributed by atoms with van der Waals surface area (Å²) in [6.45, 7) is 4.91. The second kappa shape index (κ2) is 13.1. The van der Waals surface area contributed by atoms with Gasteiger partial charge in [-0.15, -0.1) is 5.10 Å². The van der Waals surface area contributed by atoms with Gasteiger partial charge >= 0.3 is 0 Å². The predicted molar refractivity (Wildman–Crippen MR) is 154 cm³/mol. The third-order valence-corrected chi connectivity index (χ3v) is 6.69. The molecule has 0 spiro atoms. The van der Waals surface area contributed by atoms with E-state index < -0.39 is 0 Å². The number of phenolic OH excluding ortho intramolecular Hbond substituents is 1. The number of ether oxygens (including phenoxy) is 4. The Kier molecular flexibility index (Phi) is 9.39. The first-order chi connectivity index (χ1) is 19.3. The molecule has 0 bridgehead atoms. The fourth-order valence-electron chi connectivity index (χ4n) is 3.71. The van der Waals surface area contributed by atoms with Crippen LogP contribution in [0.4, 0.5) is 0 Å². The number of furan rings is 1. The van der Waals surface area contributed by atoms with Gasteiger partial charge in [0.05, 0.1) is 51.9 Å². The zero-order valence-corrected chi connectivity index (χ0v) is 23.7. The van der Waals surface area contributed by atoms with Crippen LogP contribution in [0.15, 0.2) is 68.3 Å². The highest BCUT2D eigenvalue weighted by Crippen LogP contribution is 2.40. The van der Waals surface area contributed by atoms with Gasteiger partial charge in [0.2, 0.25) is 5.75 Å². The molecule has 2 heterocycles. The Bertz CT molecular complexity index is 1410. The fraction of sp³-hybridized carbons (Fsp3) is 0.276. The summed E-state index contributed by atoms with van der Waals surface area (Å²) in [5, 5.41) is 19.2. The number of hydrogen-bond donors (Lipinski definition) is 1. The zero-order valence-electron chi connectivity index (χ0n) is 22.9. The van der Waals surface area contributed by atoms with Crippen molar-refractivity contribution in [3.63, 3.8) is 0 Å². The first-order valence-electron chi connectivity index (χ1n) is 12.4. The Morgan fingerprint density at radius 3 is 2.33 bits per heavy atom. The monoisotopic (exact) mass is 565 g/mol. The number of carbonyl (C=O) groups excluding carboxylic acids is 1. The molecule has 1 amide bonds. The van der Waals surface area contributed by atoms with Crippen molar-refractivity contribution in [2.75, 3.05) is 27.9 Å². The first-order valence-corrected chi connectivity index (χ1v) is 13.2. The minimum absolute atomic E-state index is 0.121. The molecular formula is C29H31N3O7S. The Morgan fingerprint density at radius 1 is 1.00 bits per heavy atom. The summed E-state index contributed by atoms with van der Waals surface area (Å²) in [4.78, 5) is 15.3. The highest BCUT2D eigenvalue weighted by atomic mass is 32.2. The molecule has 0 radical (unpaired) electrons. The highest BCUT2D eigenvalue weighted by molar-refractivity contribution is 8.18. The lowest BCUT2D eigenvalue weighted by Crippen LogP contribution is -2.28. The lowest BCUT2D eigenvalue weighted by atomic mass is 10.1. The molecule has 3 aromatic rings. The van der Waals surface area contributed by atoms with Crippen LogP contribution in [0.25, 0.3) is 6.08 Å². The van der Waals surface area contributed by atoms with E-state index in [-0.39, 0.29) is 29.7 Å². The SMILES string of the molecule is COc1cc(/C=N/N=C2\S/C(=C\c3cc(OC)c(O)c(OC)c3)C(=O)N2Cc2ccco2)ccc1OCC(C)C. The molecule has 0 saturated carbocycles. The summed E-state index contributed by atoms with van der Waals surface area (Å²) >= 11 is 1.17. The summed E-state index contributed by atoms with van der Waals surface area (Å²) in [5.41, 5.74) is 1.36. The maximum absolute atomic E-state index is 13.4. The molecule has 1 aliphatic heterocycles. The summed E-state index contributed by atoms with van der Waals surface area (Å²) in [6, 6.07) is 12.3. The third-order valence-electron chi connectivity index (χ3n) is 5.69. The number of amidine groups is 1. The number of rotatable bonds is 11. The van der Waals surface area contributed by atoms with Gasteiger partial charge < -0.3 is 28.5 Å². The summed E-state index contributed by atoms with van der Waals surface area (Å²) in [7, 11) is 4.46. The third kappa shape index (κ3) is 6.78. The predicted octanol–water partition coefficient (Wildman–Crippen LogP) is 5.55. The number of nitrogens with zero attached hydrogens (tertiary/aromatic N) is 3. The number of aromatic hydroxyl groups is 1. The van der Waals surface area contributed by atoms with Crippen molar-refractivity contribution in [1.82, 2.24) is 4.90 Å². The zero-order chi connectivity index (χ0) is 28.6. The van der Waals surface area contributed by atoms with E-state index >= 15 is 0 Å². The van der Waals surface area contributed by atoms with Crippen molar-refractivity contribution >= 4 is 35.1 Å². The van der Waals surface area contributed by atoms with Gasteiger partial charge in [-0.25, -0.2) is 0 Å². The van der Waals surface area contributed by atoms with E-state index in [0.29, 0.717) is 45.4 Å². The Hall–Kier alpha value is -4.38. The lowest BCUT2D eigenvalue weighted by molar-refractivity contribution is -0.122. The van der Waals surface area contributed by atoms with E-state index in [2.05, 4.69) is 24.1 Å². The van der Waals surface area contributed by atoms with Crippen LogP contribution < -0.4 is 18.9 Å². The molecular weight excluding hydrogens is 534 g/mol. The summed E-state index contributed by atoms with van der Waals surface area (Å²) in [5.74, 6) is 2.29. The number of thioether (sulfide) groups is 1. The minimum Gasteiger partial charge on any atom is -0.502 e. The van der Waals surface area contributed by atoms with Gasteiger partial charge in [-0.05, 0) is 77.3 Å². The van der Waals surface area contributed by atoms with Gasteiger partial charge in [-0.1, -0.05) is 13.8 Å². The van der Waals surface area contributed by atoms with Crippen LogP contribution >= 0.6 is 11.8 Å². The van der Waals surface area contributed by atoms with Crippen molar-refractivity contribution in [1.29, 1.82) is 0 Å². The molecule has 0 unspecified atom stereocenters. The molecule has 10 nitrogen and oxygen atoms in total. The van der Waals surface area contributed by atoms with E-state index in [1.54, 1.807) is 49.9 Å². The van der Waals surface area contributed by atoms with E-state index in [1.807, 2.05) is 18.2 Å². The Labute approximate surface area is 236 Å². The van der Waals surface area contributed by atoms with Crippen molar-refractivity contribution in [3.8, 4) is 28.7 Å². The number of methoxy groups -OCH3 is 3. The Morgan fingerprint density at radius 2 is 1.70 bits per heavy atom. The minimum atomic E-state index is -0.269. The molecule has 1 aromatic heterocycles. The van der Waals surface area contributed by atoms with Gasteiger partial charge in [-0.3, -0.25) is 9.69 Å². The van der Waals surface area contributed by atoms with Gasteiger partial charge in [0.25, 0.3) is 5.91 Å². The van der Waals surface area contributed by atoms with Crippen molar-refractivity contribution in [2.24, 2.45) is 16.1 Å². The van der Waals surface area contributed by atoms with E-state index in [9.17, 15) is 9.90 Å². The second-order valence-corrected chi connectivity index (χ2v) is 10.1. The fourth-order valence-corrected chi connectivity index (χ4v) is 4.65. The number of hydrogen-bond acceptors (Lipinski definition) is 10. The average Bonchev–Trinajstić information content (AvgIpc) is 3.57. The van der Waals surface area contributed by atoms with Crippen molar-refractivity contribution < 1.29 is 33.3 Å². The van der Waals surface area contributed by atoms with Gasteiger partial charge in [0.15, 0.2) is 28.2 Å². The topological polar surface area (TPSA) is 115 Å². The quantitative estimate of drug-likeness (QED) is 0.183. The van der Waals surface area contributed by atoms with Gasteiger partial charge in [-0.2, -0.15) is 5.10 Å². The molecule has 40 heavy (non-hydrogen) atoms. The summed E-state index contributed by atoms with van der Waals surface area (Å²) in [6.07, 6.45) is 4.81.